The maximum Gasteiger partial charge on any atom is 0.410 e. The number of amides is 1. The molecule has 3 saturated heterocycles. The van der Waals surface area contributed by atoms with Gasteiger partial charge in [0.05, 0.1) is 25.4 Å². The van der Waals surface area contributed by atoms with Crippen LogP contribution in [0.3, 0.4) is 0 Å². The Morgan fingerprint density at radius 2 is 2.13 bits per heavy atom. The third-order valence-corrected chi connectivity index (χ3v) is 7.38. The topological polar surface area (TPSA) is 96.3 Å². The van der Waals surface area contributed by atoms with Gasteiger partial charge in [0.1, 0.15) is 0 Å². The van der Waals surface area contributed by atoms with Gasteiger partial charge in [-0.3, -0.25) is 0 Å². The number of fused-ring (bicyclic) bond motifs is 5. The van der Waals surface area contributed by atoms with E-state index in [2.05, 4.69) is 51.5 Å². The largest absolute Gasteiger partial charge is 0.450 e. The number of morpholine rings is 1. The molecular weight excluding hydrogens is 482 g/mol. The Balaban J connectivity index is 1.15. The highest BCUT2D eigenvalue weighted by atomic mass is 16.6. The number of hydrogen-bond donors (Lipinski definition) is 2. The minimum atomic E-state index is -0.269. The fraction of sp³-hybridized carbons (Fsp3) is 0.393. The molecule has 2 unspecified atom stereocenters. The van der Waals surface area contributed by atoms with E-state index in [0.717, 1.165) is 66.4 Å². The molecule has 2 bridgehead atoms. The molecule has 0 saturated carbocycles. The van der Waals surface area contributed by atoms with Crippen molar-refractivity contribution in [3.63, 3.8) is 0 Å². The van der Waals surface area contributed by atoms with E-state index in [1.165, 1.54) is 0 Å². The average Bonchev–Trinajstić information content (AvgIpc) is 3.09. The van der Waals surface area contributed by atoms with Crippen molar-refractivity contribution >= 4 is 34.6 Å². The van der Waals surface area contributed by atoms with Crippen LogP contribution < -0.4 is 10.6 Å². The summed E-state index contributed by atoms with van der Waals surface area (Å²) in [5, 5.41) is 11.4. The zero-order valence-corrected chi connectivity index (χ0v) is 21.6. The van der Waals surface area contributed by atoms with Crippen molar-refractivity contribution in [2.75, 3.05) is 51.3 Å². The summed E-state index contributed by atoms with van der Waals surface area (Å²) in [4.78, 5) is 20.9. The second-order valence-corrected chi connectivity index (χ2v) is 9.82. The molecule has 2 atom stereocenters. The van der Waals surface area contributed by atoms with E-state index < -0.39 is 0 Å². The second kappa shape index (κ2) is 10.5. The molecule has 4 aliphatic rings. The maximum absolute atomic E-state index is 12.0. The van der Waals surface area contributed by atoms with Gasteiger partial charge in [0.25, 0.3) is 0 Å². The lowest BCUT2D eigenvalue weighted by molar-refractivity contribution is -0.0188. The van der Waals surface area contributed by atoms with E-state index in [1.807, 2.05) is 31.3 Å². The first kappa shape index (κ1) is 24.4. The predicted octanol–water partition coefficient (Wildman–Crippen LogP) is 3.36. The van der Waals surface area contributed by atoms with Crippen LogP contribution in [0.1, 0.15) is 24.5 Å². The van der Waals surface area contributed by atoms with E-state index in [4.69, 9.17) is 14.5 Å². The smallest absolute Gasteiger partial charge is 0.410 e. The first-order valence-corrected chi connectivity index (χ1v) is 13.2. The number of ether oxygens (including phenoxy) is 2. The Labute approximate surface area is 221 Å². The molecule has 0 radical (unpaired) electrons. The van der Waals surface area contributed by atoms with Gasteiger partial charge in [-0.05, 0) is 48.7 Å². The summed E-state index contributed by atoms with van der Waals surface area (Å²) < 4.78 is 12.8. The molecular formula is C28H33N7O3. The van der Waals surface area contributed by atoms with Crippen molar-refractivity contribution in [1.82, 2.24) is 29.7 Å². The lowest BCUT2D eigenvalue weighted by Crippen LogP contribution is -2.47. The third-order valence-electron chi connectivity index (χ3n) is 7.38. The highest BCUT2D eigenvalue weighted by molar-refractivity contribution is 5.79. The molecule has 0 spiro atoms. The van der Waals surface area contributed by atoms with Crippen LogP contribution in [0.5, 0.6) is 0 Å². The highest BCUT2D eigenvalue weighted by Crippen LogP contribution is 2.28. The number of nitrogens with zero attached hydrogens (tertiary/aromatic N) is 5. The van der Waals surface area contributed by atoms with E-state index in [-0.39, 0.29) is 12.2 Å². The van der Waals surface area contributed by atoms with Crippen LogP contribution in [0.25, 0.3) is 16.9 Å². The highest BCUT2D eigenvalue weighted by Gasteiger charge is 2.32. The Kier molecular flexibility index (Phi) is 6.73. The number of hydrogen-bond acceptors (Lipinski definition) is 8. The van der Waals surface area contributed by atoms with Crippen molar-refractivity contribution in [2.45, 2.75) is 25.5 Å². The van der Waals surface area contributed by atoms with Gasteiger partial charge in [0, 0.05) is 55.9 Å². The Bertz CT molecular complexity index is 1360. The molecule has 2 aromatic heterocycles. The lowest BCUT2D eigenvalue weighted by Gasteiger charge is -2.39. The molecule has 198 valence electrons. The zero-order valence-electron chi connectivity index (χ0n) is 21.6. The first-order valence-electron chi connectivity index (χ1n) is 13.2. The average molecular weight is 516 g/mol. The Morgan fingerprint density at radius 3 is 2.92 bits per heavy atom. The van der Waals surface area contributed by atoms with E-state index >= 15 is 0 Å². The molecule has 38 heavy (non-hydrogen) atoms. The molecule has 7 rings (SSSR count). The normalized spacial score (nSPS) is 21.2. The minimum Gasteiger partial charge on any atom is -0.450 e. The van der Waals surface area contributed by atoms with Crippen molar-refractivity contribution in [3.8, 4) is 0 Å². The van der Waals surface area contributed by atoms with Gasteiger partial charge in [-0.15, -0.1) is 5.10 Å². The maximum atomic E-state index is 12.0. The van der Waals surface area contributed by atoms with Gasteiger partial charge < -0.3 is 29.9 Å². The standard InChI is InChI=1S/C28H33N7O3/c1-3-37-28(36)33-13-10-21(11-14-33)25-5-4-12-35-26(25)31-27(32-35)30-22-8-6-20(7-9-22)19(2)34-17-24-16-29-15-23(34)18-38-24/h4-10,12,23-24,29H,2-3,11,13-18H2,1H3,(H,30,32). The molecule has 1 amide bonds. The number of pyridine rings is 1. The lowest BCUT2D eigenvalue weighted by atomic mass is 10.0. The molecule has 2 N–H and O–H groups in total. The summed E-state index contributed by atoms with van der Waals surface area (Å²) in [5.41, 5.74) is 5.98. The Morgan fingerprint density at radius 1 is 1.26 bits per heavy atom. The van der Waals surface area contributed by atoms with Crippen LogP contribution in [0.15, 0.2) is 55.3 Å². The molecule has 0 aliphatic carbocycles. The molecule has 3 fully saturated rings. The van der Waals surface area contributed by atoms with Gasteiger partial charge in [-0.2, -0.15) is 4.98 Å². The molecule has 6 heterocycles. The molecule has 1 aromatic carbocycles. The van der Waals surface area contributed by atoms with E-state index in [0.29, 0.717) is 31.7 Å². The van der Waals surface area contributed by atoms with Crippen molar-refractivity contribution in [2.24, 2.45) is 0 Å². The summed E-state index contributed by atoms with van der Waals surface area (Å²) in [6.07, 6.45) is 4.64. The van der Waals surface area contributed by atoms with Crippen LogP contribution in [-0.2, 0) is 9.47 Å². The van der Waals surface area contributed by atoms with Crippen LogP contribution in [0, 0.1) is 0 Å². The monoisotopic (exact) mass is 515 g/mol. The van der Waals surface area contributed by atoms with Crippen LogP contribution in [0.2, 0.25) is 0 Å². The SMILES string of the molecule is C=C(c1ccc(Nc2nc3c(C4=CCN(C(=O)OCC)CC4)cccn3n2)cc1)N1CC2CNCC1CO2. The summed E-state index contributed by atoms with van der Waals surface area (Å²) in [6.45, 7) is 11.1. The molecule has 4 aliphatic heterocycles. The number of rotatable bonds is 6. The number of nitrogens with one attached hydrogen (secondary N) is 2. The van der Waals surface area contributed by atoms with Crippen molar-refractivity contribution < 1.29 is 14.3 Å². The zero-order chi connectivity index (χ0) is 26.1. The predicted molar refractivity (Wildman–Crippen MR) is 146 cm³/mol. The number of carbonyl (C=O) groups excluding carboxylic acids is 1. The van der Waals surface area contributed by atoms with Gasteiger partial charge >= 0.3 is 6.09 Å². The van der Waals surface area contributed by atoms with Crippen LogP contribution >= 0.6 is 0 Å². The molecule has 3 aromatic rings. The number of benzene rings is 1. The number of carbonyl (C=O) groups is 1. The summed E-state index contributed by atoms with van der Waals surface area (Å²) in [7, 11) is 0. The van der Waals surface area contributed by atoms with Gasteiger partial charge in [0.15, 0.2) is 5.65 Å². The summed E-state index contributed by atoms with van der Waals surface area (Å²) >= 11 is 0. The van der Waals surface area contributed by atoms with Crippen molar-refractivity contribution in [1.29, 1.82) is 0 Å². The number of aromatic nitrogens is 3. The Hall–Kier alpha value is -3.89. The number of anilines is 2. The molecule has 10 heteroatoms. The minimum absolute atomic E-state index is 0.207. The van der Waals surface area contributed by atoms with Gasteiger partial charge in [-0.25, -0.2) is 9.31 Å². The quantitative estimate of drug-likeness (QED) is 0.516. The summed E-state index contributed by atoms with van der Waals surface area (Å²) in [5.74, 6) is 0.529. The van der Waals surface area contributed by atoms with Gasteiger partial charge in [-0.1, -0.05) is 24.8 Å². The van der Waals surface area contributed by atoms with Crippen LogP contribution in [-0.4, -0.2) is 88.6 Å². The second-order valence-electron chi connectivity index (χ2n) is 9.82. The molecule has 10 nitrogen and oxygen atoms in total. The van der Waals surface area contributed by atoms with E-state index in [9.17, 15) is 4.79 Å². The third kappa shape index (κ3) is 4.84. The van der Waals surface area contributed by atoms with Crippen LogP contribution in [0.4, 0.5) is 16.4 Å². The fourth-order valence-electron chi connectivity index (χ4n) is 5.34. The van der Waals surface area contributed by atoms with E-state index in [1.54, 1.807) is 9.42 Å². The fourth-order valence-corrected chi connectivity index (χ4v) is 5.34. The van der Waals surface area contributed by atoms with Crippen molar-refractivity contribution in [3.05, 3.63) is 66.4 Å². The van der Waals surface area contributed by atoms with Gasteiger partial charge in [0.2, 0.25) is 5.95 Å². The first-order chi connectivity index (χ1) is 18.6. The summed E-state index contributed by atoms with van der Waals surface area (Å²) in [6, 6.07) is 12.6.